The molecule has 220 valence electrons. The molecule has 0 unspecified atom stereocenters. The van der Waals surface area contributed by atoms with Crippen LogP contribution in [0, 0.1) is 12.7 Å². The zero-order valence-electron chi connectivity index (χ0n) is 24.0. The highest BCUT2D eigenvalue weighted by Gasteiger charge is 2.20. The Bertz CT molecular complexity index is 1790. The lowest BCUT2D eigenvalue weighted by Crippen LogP contribution is -2.38. The summed E-state index contributed by atoms with van der Waals surface area (Å²) in [6.07, 6.45) is 3.75. The lowest BCUT2D eigenvalue weighted by atomic mass is 10.0. The minimum absolute atomic E-state index is 0.198. The number of benzene rings is 3. The van der Waals surface area contributed by atoms with Crippen LogP contribution >= 0.6 is 12.6 Å². The van der Waals surface area contributed by atoms with Crippen molar-refractivity contribution in [2.45, 2.75) is 45.7 Å². The molecule has 0 saturated heterocycles. The minimum Gasteiger partial charge on any atom is -0.478 e. The van der Waals surface area contributed by atoms with Crippen molar-refractivity contribution in [2.24, 2.45) is 0 Å². The second kappa shape index (κ2) is 13.2. The van der Waals surface area contributed by atoms with Gasteiger partial charge in [-0.05, 0) is 66.8 Å². The number of carbonyl (C=O) groups excluding carboxylic acids is 1. The molecule has 3 aromatic carbocycles. The predicted octanol–water partition coefficient (Wildman–Crippen LogP) is 6.52. The van der Waals surface area contributed by atoms with Crippen LogP contribution in [0.25, 0.3) is 22.3 Å². The van der Waals surface area contributed by atoms with E-state index in [2.05, 4.69) is 34.4 Å². The predicted molar refractivity (Wildman–Crippen MR) is 169 cm³/mol. The summed E-state index contributed by atoms with van der Waals surface area (Å²) in [6.45, 7) is 4.52. The molecular weight excluding hydrogens is 563 g/mol. The largest absolute Gasteiger partial charge is 0.478 e. The van der Waals surface area contributed by atoms with Crippen molar-refractivity contribution in [2.75, 3.05) is 5.75 Å². The van der Waals surface area contributed by atoms with Crippen LogP contribution in [0.4, 0.5) is 4.39 Å². The number of imidazole rings is 1. The van der Waals surface area contributed by atoms with Gasteiger partial charge in [-0.25, -0.2) is 14.2 Å². The molecule has 0 aliphatic heterocycles. The molecule has 1 atom stereocenters. The Labute approximate surface area is 255 Å². The number of amides is 1. The molecule has 7 nitrogen and oxygen atoms in total. The number of aromatic nitrogens is 3. The summed E-state index contributed by atoms with van der Waals surface area (Å²) in [7, 11) is 0. The number of carbonyl (C=O) groups is 2. The van der Waals surface area contributed by atoms with Crippen LogP contribution in [0.3, 0.4) is 0 Å². The smallest absolute Gasteiger partial charge is 0.336 e. The first-order valence-electron chi connectivity index (χ1n) is 14.2. The number of carboxylic acids is 1. The molecule has 9 heteroatoms. The number of hydrogen-bond donors (Lipinski definition) is 3. The van der Waals surface area contributed by atoms with Crippen molar-refractivity contribution in [3.63, 3.8) is 0 Å². The van der Waals surface area contributed by atoms with Crippen LogP contribution in [-0.4, -0.2) is 43.3 Å². The monoisotopic (exact) mass is 596 g/mol. The van der Waals surface area contributed by atoms with Crippen LogP contribution in [0.2, 0.25) is 0 Å². The third-order valence-electron chi connectivity index (χ3n) is 7.44. The molecule has 0 spiro atoms. The van der Waals surface area contributed by atoms with Gasteiger partial charge in [-0.2, -0.15) is 12.6 Å². The molecule has 0 fully saturated rings. The van der Waals surface area contributed by atoms with Crippen LogP contribution in [0.1, 0.15) is 56.6 Å². The van der Waals surface area contributed by atoms with Gasteiger partial charge in [0, 0.05) is 35.5 Å². The second-order valence-electron chi connectivity index (χ2n) is 10.6. The van der Waals surface area contributed by atoms with E-state index in [0.29, 0.717) is 41.1 Å². The second-order valence-corrected chi connectivity index (χ2v) is 10.9. The molecule has 5 aromatic rings. The number of aromatic carboxylic acids is 1. The quantitative estimate of drug-likeness (QED) is 0.151. The van der Waals surface area contributed by atoms with Gasteiger partial charge in [0.05, 0.1) is 28.8 Å². The lowest BCUT2D eigenvalue weighted by Gasteiger charge is -2.17. The number of hydrogen-bond acceptors (Lipinski definition) is 5. The van der Waals surface area contributed by atoms with E-state index in [9.17, 15) is 19.1 Å². The number of aryl methyl sites for hydroxylation is 2. The Balaban J connectivity index is 1.44. The number of pyridine rings is 1. The number of rotatable bonds is 11. The molecule has 2 heterocycles. The van der Waals surface area contributed by atoms with E-state index in [1.807, 2.05) is 31.2 Å². The van der Waals surface area contributed by atoms with E-state index >= 15 is 0 Å². The van der Waals surface area contributed by atoms with Crippen molar-refractivity contribution in [3.8, 4) is 11.3 Å². The average molecular weight is 597 g/mol. The van der Waals surface area contributed by atoms with E-state index in [1.165, 1.54) is 6.07 Å². The molecule has 0 bridgehead atoms. The number of thiol groups is 1. The maximum atomic E-state index is 14.2. The van der Waals surface area contributed by atoms with Gasteiger partial charge < -0.3 is 15.0 Å². The SMILES string of the molecule is CCCc1nc2c(C)cc(C(=O)N[C@@H](CS)Cc3ccccc3F)cc2n1Cc1ccc(-c2ccccc2C(=O)O)nc1. The fraction of sp³-hybridized carbons (Fsp3) is 0.235. The van der Waals surface area contributed by atoms with Gasteiger partial charge in [0.1, 0.15) is 11.6 Å². The first-order chi connectivity index (χ1) is 20.8. The van der Waals surface area contributed by atoms with Crippen LogP contribution < -0.4 is 5.32 Å². The van der Waals surface area contributed by atoms with Crippen LogP contribution in [-0.2, 0) is 19.4 Å². The molecule has 2 N–H and O–H groups in total. The normalized spacial score (nSPS) is 11.9. The van der Waals surface area contributed by atoms with Gasteiger partial charge in [0.2, 0.25) is 0 Å². The summed E-state index contributed by atoms with van der Waals surface area (Å²) >= 11 is 4.40. The Hall–Kier alpha value is -4.50. The standard InChI is InChI=1S/C34H33FN4O3S/c1-3-8-31-38-32-21(2)15-24(33(40)37-25(20-43)16-23-9-4-7-12-28(23)35)17-30(32)39(31)19-22-13-14-29(36-18-22)26-10-5-6-11-27(26)34(41)42/h4-7,9-15,17-18,25,43H,3,8,16,19-20H2,1-2H3,(H,37,40)(H,41,42)/t25-/m1/s1. The van der Waals surface area contributed by atoms with Crippen LogP contribution in [0.15, 0.2) is 79.0 Å². The van der Waals surface area contributed by atoms with Crippen molar-refractivity contribution in [1.29, 1.82) is 0 Å². The summed E-state index contributed by atoms with van der Waals surface area (Å²) in [5, 5.41) is 12.6. The van der Waals surface area contributed by atoms with E-state index in [4.69, 9.17) is 4.98 Å². The van der Waals surface area contributed by atoms with Crippen molar-refractivity contribution in [3.05, 3.63) is 118 Å². The fourth-order valence-corrected chi connectivity index (χ4v) is 5.50. The zero-order chi connectivity index (χ0) is 30.5. The molecule has 43 heavy (non-hydrogen) atoms. The number of nitrogens with one attached hydrogen (secondary N) is 1. The van der Waals surface area contributed by atoms with E-state index in [-0.39, 0.29) is 23.3 Å². The average Bonchev–Trinajstić information content (AvgIpc) is 3.35. The maximum absolute atomic E-state index is 14.2. The Morgan fingerprint density at radius 2 is 1.84 bits per heavy atom. The Morgan fingerprint density at radius 3 is 2.53 bits per heavy atom. The van der Waals surface area contributed by atoms with E-state index < -0.39 is 5.97 Å². The first kappa shape index (κ1) is 30.0. The highest BCUT2D eigenvalue weighted by Crippen LogP contribution is 2.26. The molecule has 0 saturated carbocycles. The lowest BCUT2D eigenvalue weighted by molar-refractivity contribution is 0.0697. The van der Waals surface area contributed by atoms with Crippen molar-refractivity contribution < 1.29 is 19.1 Å². The molecule has 5 rings (SSSR count). The van der Waals surface area contributed by atoms with Gasteiger partial charge >= 0.3 is 5.97 Å². The van der Waals surface area contributed by atoms with Gasteiger partial charge in [0.15, 0.2) is 0 Å². The van der Waals surface area contributed by atoms with Crippen LogP contribution in [0.5, 0.6) is 0 Å². The summed E-state index contributed by atoms with van der Waals surface area (Å²) < 4.78 is 16.4. The summed E-state index contributed by atoms with van der Waals surface area (Å²) in [4.78, 5) is 34.6. The molecule has 0 aliphatic rings. The maximum Gasteiger partial charge on any atom is 0.336 e. The van der Waals surface area contributed by atoms with Gasteiger partial charge in [-0.3, -0.25) is 9.78 Å². The number of fused-ring (bicyclic) bond motifs is 1. The highest BCUT2D eigenvalue weighted by atomic mass is 32.1. The molecule has 1 amide bonds. The summed E-state index contributed by atoms with van der Waals surface area (Å²) in [5.74, 6) is -0.292. The van der Waals surface area contributed by atoms with Crippen molar-refractivity contribution >= 4 is 35.5 Å². The number of halogens is 1. The molecule has 0 aliphatic carbocycles. The topological polar surface area (TPSA) is 97.1 Å². The Kier molecular flexibility index (Phi) is 9.21. The van der Waals surface area contributed by atoms with Gasteiger partial charge in [-0.15, -0.1) is 0 Å². The zero-order valence-corrected chi connectivity index (χ0v) is 24.9. The number of carboxylic acid groups (broad SMARTS) is 1. The molecule has 0 radical (unpaired) electrons. The minimum atomic E-state index is -1.00. The molecular formula is C34H33FN4O3S. The van der Waals surface area contributed by atoms with E-state index in [0.717, 1.165) is 40.8 Å². The summed E-state index contributed by atoms with van der Waals surface area (Å²) in [5.41, 5.74) is 5.83. The third kappa shape index (κ3) is 6.62. The van der Waals surface area contributed by atoms with E-state index in [1.54, 1.807) is 48.7 Å². The highest BCUT2D eigenvalue weighted by molar-refractivity contribution is 7.80. The van der Waals surface area contributed by atoms with Gasteiger partial charge in [-0.1, -0.05) is 49.4 Å². The number of nitrogens with zero attached hydrogens (tertiary/aromatic N) is 3. The van der Waals surface area contributed by atoms with Gasteiger partial charge in [0.25, 0.3) is 5.91 Å². The third-order valence-corrected chi connectivity index (χ3v) is 7.88. The Morgan fingerprint density at radius 1 is 1.07 bits per heavy atom. The fourth-order valence-electron chi connectivity index (χ4n) is 5.27. The first-order valence-corrected chi connectivity index (χ1v) is 14.8. The molecule has 2 aromatic heterocycles. The van der Waals surface area contributed by atoms with Crippen molar-refractivity contribution in [1.82, 2.24) is 19.9 Å². The summed E-state index contributed by atoms with van der Waals surface area (Å²) in [6, 6.07) is 20.5.